The van der Waals surface area contributed by atoms with Gasteiger partial charge in [0.2, 0.25) is 0 Å². The van der Waals surface area contributed by atoms with Gasteiger partial charge in [0.05, 0.1) is 22.9 Å². The van der Waals surface area contributed by atoms with Gasteiger partial charge in [-0.1, -0.05) is 0 Å². The Hall–Kier alpha value is -2.53. The number of benzene rings is 2. The van der Waals surface area contributed by atoms with E-state index in [1.54, 1.807) is 0 Å². The molecule has 2 aromatic carbocycles. The quantitative estimate of drug-likeness (QED) is 0.562. The molecular weight excluding hydrogens is 286 g/mol. The number of hydrogen-bond donors (Lipinski definition) is 2. The Bertz CT molecular complexity index is 1060. The molecule has 5 nitrogen and oxygen atoms in total. The monoisotopic (exact) mass is 307 g/mol. The van der Waals surface area contributed by atoms with Crippen molar-refractivity contribution in [1.29, 1.82) is 0 Å². The van der Waals surface area contributed by atoms with E-state index in [1.807, 2.05) is 12.4 Å². The van der Waals surface area contributed by atoms with Crippen LogP contribution in [0.4, 0.5) is 0 Å². The fourth-order valence-electron chi connectivity index (χ4n) is 3.22. The van der Waals surface area contributed by atoms with Gasteiger partial charge in [-0.25, -0.2) is 0 Å². The van der Waals surface area contributed by atoms with Crippen LogP contribution in [0.5, 0.6) is 0 Å². The number of rotatable bonds is 3. The molecule has 118 valence electrons. The number of likely N-dealkylation sites (N-methyl/N-ethyl adjacent to an activating group) is 1. The molecule has 0 aliphatic carbocycles. The molecule has 0 saturated heterocycles. The lowest BCUT2D eigenvalue weighted by Gasteiger charge is -2.07. The Labute approximate surface area is 134 Å². The molecule has 4 rings (SSSR count). The third kappa shape index (κ3) is 2.24. The Morgan fingerprint density at radius 3 is 2.87 bits per heavy atom. The number of aromatic nitrogens is 3. The van der Waals surface area contributed by atoms with E-state index in [-0.39, 0.29) is 0 Å². The molecule has 0 amide bonds. The first-order chi connectivity index (χ1) is 11.1. The molecule has 0 atom stereocenters. The van der Waals surface area contributed by atoms with Gasteiger partial charge in [0.25, 0.3) is 0 Å². The summed E-state index contributed by atoms with van der Waals surface area (Å²) in [4.78, 5) is 10.2. The third-order valence-electron chi connectivity index (χ3n) is 4.39. The van der Waals surface area contributed by atoms with Gasteiger partial charge >= 0.3 is 0 Å². The summed E-state index contributed by atoms with van der Waals surface area (Å²) >= 11 is 0. The first kappa shape index (κ1) is 14.1. The molecular formula is C18H21N5. The Kier molecular flexibility index (Phi) is 3.23. The molecule has 0 unspecified atom stereocenters. The van der Waals surface area contributed by atoms with Crippen LogP contribution < -0.4 is 5.36 Å². The lowest BCUT2D eigenvalue weighted by atomic mass is 10.0. The summed E-state index contributed by atoms with van der Waals surface area (Å²) in [7, 11) is 6.20. The van der Waals surface area contributed by atoms with Gasteiger partial charge in [-0.15, -0.1) is 0 Å². The topological polar surface area (TPSA) is 52.1 Å². The molecule has 5 heteroatoms. The fourth-order valence-corrected chi connectivity index (χ4v) is 3.22. The van der Waals surface area contributed by atoms with Crippen molar-refractivity contribution in [3.05, 3.63) is 42.0 Å². The summed E-state index contributed by atoms with van der Waals surface area (Å²) in [6, 6.07) is 8.64. The summed E-state index contributed by atoms with van der Waals surface area (Å²) < 4.78 is 2.08. The van der Waals surface area contributed by atoms with E-state index >= 15 is 0 Å². The van der Waals surface area contributed by atoms with E-state index in [4.69, 9.17) is 4.99 Å². The number of aryl methyl sites for hydroxylation is 1. The second-order valence-electron chi connectivity index (χ2n) is 6.28. The number of aromatic amines is 2. The highest BCUT2D eigenvalue weighted by atomic mass is 15.3. The fraction of sp³-hybridized carbons (Fsp3) is 0.278. The first-order valence-corrected chi connectivity index (χ1v) is 7.87. The van der Waals surface area contributed by atoms with Gasteiger partial charge < -0.3 is 9.88 Å². The molecule has 2 N–H and O–H groups in total. The molecule has 0 spiro atoms. The molecule has 2 heterocycles. The number of nitrogens with one attached hydrogen (secondary N) is 2. The molecule has 23 heavy (non-hydrogen) atoms. The summed E-state index contributed by atoms with van der Waals surface area (Å²) in [6.45, 7) is 1.76. The van der Waals surface area contributed by atoms with Crippen LogP contribution in [0, 0.1) is 0 Å². The zero-order chi connectivity index (χ0) is 16.0. The van der Waals surface area contributed by atoms with E-state index in [1.165, 1.54) is 32.6 Å². The van der Waals surface area contributed by atoms with E-state index in [0.717, 1.165) is 18.4 Å². The van der Waals surface area contributed by atoms with Gasteiger partial charge in [0.15, 0.2) is 0 Å². The van der Waals surface area contributed by atoms with Crippen molar-refractivity contribution in [2.45, 2.75) is 0 Å². The maximum Gasteiger partial charge on any atom is 0.0722 e. The van der Waals surface area contributed by atoms with Gasteiger partial charge in [-0.05, 0) is 38.4 Å². The molecule has 0 saturated carbocycles. The van der Waals surface area contributed by atoms with Crippen LogP contribution in [0.15, 0.2) is 41.7 Å². The number of H-pyrrole nitrogens is 2. The first-order valence-electron chi connectivity index (χ1n) is 7.87. The maximum absolute atomic E-state index is 4.82. The van der Waals surface area contributed by atoms with E-state index in [0.29, 0.717) is 0 Å². The summed E-state index contributed by atoms with van der Waals surface area (Å²) in [5.74, 6) is 0. The van der Waals surface area contributed by atoms with Crippen LogP contribution in [0.25, 0.3) is 32.6 Å². The SMILES string of the molecule is CN(C)CCN=c1ccc2c3c1cc1c[nH]ccc1c3[nH]n2C. The molecule has 0 fully saturated rings. The van der Waals surface area contributed by atoms with Crippen molar-refractivity contribution in [3.63, 3.8) is 0 Å². The largest absolute Gasteiger partial charge is 0.367 e. The minimum atomic E-state index is 0.805. The van der Waals surface area contributed by atoms with Gasteiger partial charge in [-0.3, -0.25) is 14.8 Å². The highest BCUT2D eigenvalue weighted by Crippen LogP contribution is 2.30. The predicted molar refractivity (Wildman–Crippen MR) is 95.6 cm³/mol. The van der Waals surface area contributed by atoms with Crippen LogP contribution in [0.1, 0.15) is 0 Å². The predicted octanol–water partition coefficient (Wildman–Crippen LogP) is 2.60. The zero-order valence-corrected chi connectivity index (χ0v) is 13.7. The van der Waals surface area contributed by atoms with Gasteiger partial charge in [0.1, 0.15) is 0 Å². The van der Waals surface area contributed by atoms with E-state index < -0.39 is 0 Å². The highest BCUT2D eigenvalue weighted by Gasteiger charge is 2.12. The lowest BCUT2D eigenvalue weighted by Crippen LogP contribution is -2.17. The summed E-state index contributed by atoms with van der Waals surface area (Å²) in [5.41, 5.74) is 2.38. The number of nitrogens with zero attached hydrogens (tertiary/aromatic N) is 3. The van der Waals surface area contributed by atoms with Gasteiger partial charge in [0, 0.05) is 47.5 Å². The number of fused-ring (bicyclic) bond motifs is 2. The molecule has 2 aromatic heterocycles. The third-order valence-corrected chi connectivity index (χ3v) is 4.39. The van der Waals surface area contributed by atoms with Crippen LogP contribution in [-0.2, 0) is 7.05 Å². The summed E-state index contributed by atoms with van der Waals surface area (Å²) in [5, 5.41) is 9.44. The highest BCUT2D eigenvalue weighted by molar-refractivity contribution is 6.18. The minimum absolute atomic E-state index is 0.805. The second-order valence-corrected chi connectivity index (χ2v) is 6.28. The van der Waals surface area contributed by atoms with Crippen LogP contribution in [0.2, 0.25) is 0 Å². The number of hydrogen-bond acceptors (Lipinski definition) is 2. The average molecular weight is 307 g/mol. The normalized spacial score (nSPS) is 13.1. The lowest BCUT2D eigenvalue weighted by molar-refractivity contribution is 0.419. The van der Waals surface area contributed by atoms with Crippen LogP contribution >= 0.6 is 0 Å². The van der Waals surface area contributed by atoms with E-state index in [2.05, 4.69) is 65.1 Å². The maximum atomic E-state index is 4.82. The molecule has 0 bridgehead atoms. The van der Waals surface area contributed by atoms with Gasteiger partial charge in [-0.2, -0.15) is 0 Å². The Morgan fingerprint density at radius 2 is 2.04 bits per heavy atom. The zero-order valence-electron chi connectivity index (χ0n) is 13.7. The van der Waals surface area contributed by atoms with Crippen molar-refractivity contribution in [2.24, 2.45) is 12.0 Å². The van der Waals surface area contributed by atoms with Crippen molar-refractivity contribution < 1.29 is 0 Å². The summed E-state index contributed by atoms with van der Waals surface area (Å²) in [6.07, 6.45) is 4.01. The van der Waals surface area contributed by atoms with E-state index in [9.17, 15) is 0 Å². The second kappa shape index (κ2) is 5.28. The molecule has 4 aromatic rings. The molecule has 0 aliphatic heterocycles. The molecule has 0 aliphatic rings. The van der Waals surface area contributed by atoms with Crippen LogP contribution in [-0.4, -0.2) is 46.8 Å². The number of pyridine rings is 1. The van der Waals surface area contributed by atoms with Crippen molar-refractivity contribution in [2.75, 3.05) is 27.2 Å². The standard InChI is InChI=1S/C18H21N5/c1-22(2)9-8-20-15-4-5-16-17-14(15)10-12-11-19-7-6-13(12)18(17)21-23(16)3/h4-7,10-11,19,21H,8-9H2,1-3H3. The smallest absolute Gasteiger partial charge is 0.0722 e. The van der Waals surface area contributed by atoms with Crippen molar-refractivity contribution >= 4 is 32.6 Å². The van der Waals surface area contributed by atoms with Crippen LogP contribution in [0.3, 0.4) is 0 Å². The molecule has 0 radical (unpaired) electrons. The minimum Gasteiger partial charge on any atom is -0.367 e. The Balaban J connectivity index is 2.07. The Morgan fingerprint density at radius 1 is 1.17 bits per heavy atom. The average Bonchev–Trinajstić information content (AvgIpc) is 2.87. The van der Waals surface area contributed by atoms with Crippen molar-refractivity contribution in [3.8, 4) is 0 Å². The van der Waals surface area contributed by atoms with Crippen molar-refractivity contribution in [1.82, 2.24) is 19.7 Å².